The van der Waals surface area contributed by atoms with E-state index in [0.29, 0.717) is 0 Å². The minimum absolute atomic E-state index is 0. The van der Waals surface area contributed by atoms with Crippen LogP contribution in [0, 0.1) is 10.1 Å². The Kier molecular flexibility index (Phi) is 4.59. The number of nitrogens with zero attached hydrogens (tertiary/aromatic N) is 1. The van der Waals surface area contributed by atoms with Crippen molar-refractivity contribution in [2.45, 2.75) is 19.8 Å². The second kappa shape index (κ2) is 5.22. The number of aromatic carboxylic acids is 1. The van der Waals surface area contributed by atoms with Gasteiger partial charge >= 0.3 is 5.97 Å². The van der Waals surface area contributed by atoms with Crippen LogP contribution < -0.4 is 6.15 Å². The Bertz CT molecular complexity index is 415. The van der Waals surface area contributed by atoms with Crippen LogP contribution in [-0.2, 0) is 0 Å². The lowest BCUT2D eigenvalue weighted by atomic mass is 10.0. The van der Waals surface area contributed by atoms with Crippen LogP contribution in [0.5, 0.6) is 0 Å². The summed E-state index contributed by atoms with van der Waals surface area (Å²) in [7, 11) is 0. The number of carboxylic acids is 1. The lowest BCUT2D eigenvalue weighted by Gasteiger charge is -2.05. The quantitative estimate of drug-likeness (QED) is 0.606. The molecule has 0 saturated heterocycles. The summed E-state index contributed by atoms with van der Waals surface area (Å²) in [6.07, 6.45) is 0. The van der Waals surface area contributed by atoms with E-state index in [1.165, 1.54) is 12.1 Å². The first-order valence-electron chi connectivity index (χ1n) is 4.45. The number of hydrogen-bond donors (Lipinski definition) is 2. The summed E-state index contributed by atoms with van der Waals surface area (Å²) in [5.41, 5.74) is 0.129. The van der Waals surface area contributed by atoms with Crippen molar-refractivity contribution in [3.05, 3.63) is 39.4 Å². The molecule has 1 aromatic rings. The summed E-state index contributed by atoms with van der Waals surface area (Å²) in [4.78, 5) is 20.7. The molecule has 88 valence electrons. The highest BCUT2D eigenvalue weighted by Gasteiger charge is 2.20. The molecule has 0 saturated carbocycles. The number of benzene rings is 1. The molecule has 0 unspecified atom stereocenters. The standard InChI is InChI=1S/C10H11NO4.H3N/c1-6(2)7-3-4-8(10(12)13)9(5-7)11(14)15;/h3-6H,1-2H3,(H,12,13);1H3. The second-order valence-electron chi connectivity index (χ2n) is 3.49. The molecule has 6 heteroatoms. The molecule has 0 aromatic heterocycles. The van der Waals surface area contributed by atoms with Gasteiger partial charge < -0.3 is 11.3 Å². The Hall–Kier alpha value is -1.95. The van der Waals surface area contributed by atoms with E-state index in [0.717, 1.165) is 5.56 Å². The molecule has 1 aromatic carbocycles. The molecule has 0 amide bonds. The maximum atomic E-state index is 10.7. The molecular weight excluding hydrogens is 212 g/mol. The minimum atomic E-state index is -1.28. The van der Waals surface area contributed by atoms with E-state index in [-0.39, 0.29) is 23.3 Å². The van der Waals surface area contributed by atoms with Crippen LogP contribution in [0.15, 0.2) is 18.2 Å². The van der Waals surface area contributed by atoms with Gasteiger partial charge in [-0.3, -0.25) is 10.1 Å². The van der Waals surface area contributed by atoms with Crippen LogP contribution in [0.2, 0.25) is 0 Å². The number of nitro groups is 1. The third kappa shape index (κ3) is 2.77. The summed E-state index contributed by atoms with van der Waals surface area (Å²) in [5, 5.41) is 19.4. The van der Waals surface area contributed by atoms with Gasteiger partial charge in [-0.1, -0.05) is 19.9 Å². The van der Waals surface area contributed by atoms with Crippen molar-refractivity contribution in [3.63, 3.8) is 0 Å². The van der Waals surface area contributed by atoms with Gasteiger partial charge in [0.2, 0.25) is 0 Å². The molecule has 4 N–H and O–H groups in total. The molecule has 16 heavy (non-hydrogen) atoms. The monoisotopic (exact) mass is 226 g/mol. The number of carbonyl (C=O) groups is 1. The lowest BCUT2D eigenvalue weighted by molar-refractivity contribution is -0.385. The van der Waals surface area contributed by atoms with Crippen molar-refractivity contribution in [3.8, 4) is 0 Å². The van der Waals surface area contributed by atoms with Gasteiger partial charge in [0.05, 0.1) is 4.92 Å². The largest absolute Gasteiger partial charge is 0.477 e. The molecule has 0 radical (unpaired) electrons. The zero-order valence-electron chi connectivity index (χ0n) is 9.14. The molecule has 0 bridgehead atoms. The molecule has 1 rings (SSSR count). The summed E-state index contributed by atoms with van der Waals surface area (Å²) in [6.45, 7) is 3.78. The maximum Gasteiger partial charge on any atom is 0.342 e. The Morgan fingerprint density at radius 1 is 1.44 bits per heavy atom. The van der Waals surface area contributed by atoms with Crippen LogP contribution in [-0.4, -0.2) is 16.0 Å². The SMILES string of the molecule is CC(C)c1ccc(C(=O)O)c([N+](=O)[O-])c1.N. The third-order valence-corrected chi connectivity index (χ3v) is 2.12. The minimum Gasteiger partial charge on any atom is -0.477 e. The zero-order valence-corrected chi connectivity index (χ0v) is 9.14. The normalized spacial score (nSPS) is 9.69. The van der Waals surface area contributed by atoms with Crippen LogP contribution in [0.25, 0.3) is 0 Å². The van der Waals surface area contributed by atoms with Gasteiger partial charge in [0.25, 0.3) is 5.69 Å². The van der Waals surface area contributed by atoms with Crippen molar-refractivity contribution >= 4 is 11.7 Å². The summed E-state index contributed by atoms with van der Waals surface area (Å²) >= 11 is 0. The van der Waals surface area contributed by atoms with Crippen LogP contribution in [0.1, 0.15) is 35.7 Å². The summed E-state index contributed by atoms with van der Waals surface area (Å²) in [6, 6.07) is 4.19. The Morgan fingerprint density at radius 2 is 2.00 bits per heavy atom. The van der Waals surface area contributed by atoms with E-state index in [4.69, 9.17) is 5.11 Å². The third-order valence-electron chi connectivity index (χ3n) is 2.12. The molecule has 6 nitrogen and oxygen atoms in total. The number of rotatable bonds is 3. The van der Waals surface area contributed by atoms with Gasteiger partial charge in [0.15, 0.2) is 0 Å². The zero-order chi connectivity index (χ0) is 11.6. The second-order valence-corrected chi connectivity index (χ2v) is 3.49. The predicted molar refractivity (Wildman–Crippen MR) is 59.2 cm³/mol. The first kappa shape index (κ1) is 14.1. The predicted octanol–water partition coefficient (Wildman–Crippen LogP) is 2.58. The summed E-state index contributed by atoms with van der Waals surface area (Å²) < 4.78 is 0. The van der Waals surface area contributed by atoms with Gasteiger partial charge in [-0.2, -0.15) is 0 Å². The molecule has 0 aliphatic heterocycles. The average molecular weight is 226 g/mol. The lowest BCUT2D eigenvalue weighted by Crippen LogP contribution is -2.03. The molecule has 0 aliphatic carbocycles. The van der Waals surface area contributed by atoms with E-state index < -0.39 is 10.9 Å². The maximum absolute atomic E-state index is 10.7. The summed E-state index contributed by atoms with van der Waals surface area (Å²) in [5.74, 6) is -1.15. The van der Waals surface area contributed by atoms with Crippen molar-refractivity contribution in [1.82, 2.24) is 6.15 Å². The number of hydrogen-bond acceptors (Lipinski definition) is 4. The van der Waals surface area contributed by atoms with Crippen molar-refractivity contribution < 1.29 is 14.8 Å². The highest BCUT2D eigenvalue weighted by molar-refractivity contribution is 5.92. The Morgan fingerprint density at radius 3 is 2.38 bits per heavy atom. The number of carboxylic acid groups (broad SMARTS) is 1. The molecule has 0 heterocycles. The number of nitro benzene ring substituents is 1. The molecular formula is C10H14N2O4. The average Bonchev–Trinajstić information content (AvgIpc) is 2.16. The first-order chi connectivity index (χ1) is 6.93. The Balaban J connectivity index is 0.00000225. The van der Waals surface area contributed by atoms with Crippen molar-refractivity contribution in [1.29, 1.82) is 0 Å². The van der Waals surface area contributed by atoms with E-state index in [9.17, 15) is 14.9 Å². The molecule has 0 atom stereocenters. The molecule has 0 spiro atoms. The fourth-order valence-electron chi connectivity index (χ4n) is 1.24. The van der Waals surface area contributed by atoms with Crippen molar-refractivity contribution in [2.24, 2.45) is 0 Å². The van der Waals surface area contributed by atoms with Gasteiger partial charge in [-0.25, -0.2) is 4.79 Å². The van der Waals surface area contributed by atoms with Gasteiger partial charge in [-0.15, -0.1) is 0 Å². The fourth-order valence-corrected chi connectivity index (χ4v) is 1.24. The van der Waals surface area contributed by atoms with Crippen LogP contribution >= 0.6 is 0 Å². The fraction of sp³-hybridized carbons (Fsp3) is 0.300. The van der Waals surface area contributed by atoms with E-state index in [1.807, 2.05) is 13.8 Å². The Labute approximate surface area is 92.6 Å². The van der Waals surface area contributed by atoms with E-state index >= 15 is 0 Å². The van der Waals surface area contributed by atoms with Gasteiger partial charge in [0.1, 0.15) is 5.56 Å². The smallest absolute Gasteiger partial charge is 0.342 e. The van der Waals surface area contributed by atoms with Crippen LogP contribution in [0.3, 0.4) is 0 Å². The molecule has 0 aliphatic rings. The van der Waals surface area contributed by atoms with E-state index in [1.54, 1.807) is 6.07 Å². The van der Waals surface area contributed by atoms with Gasteiger partial charge in [0, 0.05) is 6.07 Å². The topological polar surface area (TPSA) is 115 Å². The van der Waals surface area contributed by atoms with Crippen LogP contribution in [0.4, 0.5) is 5.69 Å². The van der Waals surface area contributed by atoms with E-state index in [2.05, 4.69) is 0 Å². The van der Waals surface area contributed by atoms with Gasteiger partial charge in [-0.05, 0) is 17.5 Å². The molecule has 0 fully saturated rings. The highest BCUT2D eigenvalue weighted by Crippen LogP contribution is 2.24. The highest BCUT2D eigenvalue weighted by atomic mass is 16.6. The van der Waals surface area contributed by atoms with Crippen molar-refractivity contribution in [2.75, 3.05) is 0 Å². The first-order valence-corrected chi connectivity index (χ1v) is 4.45.